The number of hydrogen-bond donors (Lipinski definition) is 2. The van der Waals surface area contributed by atoms with Gasteiger partial charge < -0.3 is 14.8 Å². The van der Waals surface area contributed by atoms with Crippen LogP contribution in [0.4, 0.5) is 10.1 Å². The third-order valence-corrected chi connectivity index (χ3v) is 3.35. The van der Waals surface area contributed by atoms with E-state index in [0.717, 1.165) is 5.76 Å². The Morgan fingerprint density at radius 1 is 1.42 bits per heavy atom. The van der Waals surface area contributed by atoms with E-state index in [1.54, 1.807) is 12.3 Å². The summed E-state index contributed by atoms with van der Waals surface area (Å²) in [7, 11) is 0. The van der Waals surface area contributed by atoms with E-state index in [1.165, 1.54) is 12.1 Å². The zero-order valence-corrected chi connectivity index (χ0v) is 11.4. The fourth-order valence-corrected chi connectivity index (χ4v) is 2.14. The molecule has 1 aromatic carbocycles. The molecule has 0 saturated heterocycles. The summed E-state index contributed by atoms with van der Waals surface area (Å²) in [6.45, 7) is 0.489. The van der Waals surface area contributed by atoms with Crippen molar-refractivity contribution in [1.82, 2.24) is 0 Å². The van der Waals surface area contributed by atoms with E-state index in [1.807, 2.05) is 6.07 Å². The fraction of sp³-hybridized carbons (Fsp3) is 0.154. The molecule has 0 aliphatic carbocycles. The summed E-state index contributed by atoms with van der Waals surface area (Å²) < 4.78 is 19.0. The van der Waals surface area contributed by atoms with Gasteiger partial charge in [0.2, 0.25) is 0 Å². The number of carboxylic acid groups (broad SMARTS) is 1. The fourth-order valence-electron chi connectivity index (χ4n) is 1.63. The Morgan fingerprint density at radius 2 is 2.21 bits per heavy atom. The van der Waals surface area contributed by atoms with Gasteiger partial charge in [-0.05, 0) is 40.2 Å². The minimum atomic E-state index is -1.17. The van der Waals surface area contributed by atoms with Crippen molar-refractivity contribution in [2.75, 3.05) is 11.9 Å². The number of halogens is 2. The van der Waals surface area contributed by atoms with Crippen molar-refractivity contribution in [3.63, 3.8) is 0 Å². The molecule has 0 saturated carbocycles. The first-order valence-electron chi connectivity index (χ1n) is 5.57. The lowest BCUT2D eigenvalue weighted by atomic mass is 10.2. The Bertz CT molecular complexity index is 584. The van der Waals surface area contributed by atoms with Crippen molar-refractivity contribution in [2.24, 2.45) is 0 Å². The first kappa shape index (κ1) is 13.6. The Morgan fingerprint density at radius 3 is 2.84 bits per heavy atom. The van der Waals surface area contributed by atoms with E-state index in [-0.39, 0.29) is 15.7 Å². The maximum atomic E-state index is 13.9. The molecule has 0 unspecified atom stereocenters. The van der Waals surface area contributed by atoms with E-state index < -0.39 is 11.8 Å². The lowest BCUT2D eigenvalue weighted by Crippen LogP contribution is -2.08. The number of rotatable bonds is 5. The van der Waals surface area contributed by atoms with Crippen LogP contribution in [-0.4, -0.2) is 17.6 Å². The van der Waals surface area contributed by atoms with Crippen LogP contribution in [0.5, 0.6) is 0 Å². The number of carbonyl (C=O) groups is 1. The van der Waals surface area contributed by atoms with Gasteiger partial charge in [0.15, 0.2) is 5.82 Å². The molecule has 100 valence electrons. The van der Waals surface area contributed by atoms with Crippen LogP contribution in [0.25, 0.3) is 0 Å². The number of furan rings is 1. The van der Waals surface area contributed by atoms with Gasteiger partial charge in [-0.1, -0.05) is 0 Å². The Hall–Kier alpha value is -1.82. The van der Waals surface area contributed by atoms with Gasteiger partial charge in [0, 0.05) is 13.0 Å². The smallest absolute Gasteiger partial charge is 0.336 e. The predicted molar refractivity (Wildman–Crippen MR) is 72.0 cm³/mol. The summed E-state index contributed by atoms with van der Waals surface area (Å²) in [6, 6.07) is 6.38. The summed E-state index contributed by atoms with van der Waals surface area (Å²) in [4.78, 5) is 10.8. The molecule has 0 aliphatic heterocycles. The Kier molecular flexibility index (Phi) is 4.21. The van der Waals surface area contributed by atoms with Gasteiger partial charge in [0.1, 0.15) is 5.76 Å². The number of nitrogens with one attached hydrogen (secondary N) is 1. The Labute approximate surface area is 117 Å². The van der Waals surface area contributed by atoms with E-state index in [0.29, 0.717) is 13.0 Å². The van der Waals surface area contributed by atoms with Gasteiger partial charge >= 0.3 is 5.97 Å². The zero-order chi connectivity index (χ0) is 13.8. The third-order valence-electron chi connectivity index (χ3n) is 2.58. The molecule has 0 spiro atoms. The molecule has 19 heavy (non-hydrogen) atoms. The monoisotopic (exact) mass is 327 g/mol. The lowest BCUT2D eigenvalue weighted by molar-refractivity contribution is 0.0695. The molecular formula is C13H11BrFNO3. The molecule has 0 amide bonds. The van der Waals surface area contributed by atoms with E-state index in [2.05, 4.69) is 21.2 Å². The molecule has 1 aromatic heterocycles. The molecule has 2 aromatic rings. The van der Waals surface area contributed by atoms with Crippen LogP contribution in [0.1, 0.15) is 16.1 Å². The number of benzene rings is 1. The molecule has 0 radical (unpaired) electrons. The van der Waals surface area contributed by atoms with Crippen LogP contribution in [0.3, 0.4) is 0 Å². The minimum absolute atomic E-state index is 0.0528. The van der Waals surface area contributed by atoms with Crippen molar-refractivity contribution < 1.29 is 18.7 Å². The minimum Gasteiger partial charge on any atom is -0.478 e. The molecule has 6 heteroatoms. The molecule has 0 aliphatic rings. The van der Waals surface area contributed by atoms with E-state index in [9.17, 15) is 9.18 Å². The number of aromatic carboxylic acids is 1. The van der Waals surface area contributed by atoms with Crippen LogP contribution in [0, 0.1) is 5.82 Å². The average Bonchev–Trinajstić information content (AvgIpc) is 2.87. The normalized spacial score (nSPS) is 10.4. The second-order valence-electron chi connectivity index (χ2n) is 3.85. The first-order valence-corrected chi connectivity index (χ1v) is 6.36. The number of hydrogen-bond acceptors (Lipinski definition) is 3. The second-order valence-corrected chi connectivity index (χ2v) is 4.64. The number of anilines is 1. The number of carboxylic acids is 1. The third kappa shape index (κ3) is 3.14. The zero-order valence-electron chi connectivity index (χ0n) is 9.82. The molecule has 0 fully saturated rings. The molecule has 0 atom stereocenters. The SMILES string of the molecule is O=C(O)c1ccc(NCCc2ccco2)c(F)c1Br. The molecule has 2 rings (SSSR count). The highest BCUT2D eigenvalue weighted by Crippen LogP contribution is 2.27. The average molecular weight is 328 g/mol. The van der Waals surface area contributed by atoms with Gasteiger partial charge in [-0.2, -0.15) is 0 Å². The second kappa shape index (κ2) is 5.88. The maximum absolute atomic E-state index is 13.9. The van der Waals surface area contributed by atoms with Crippen LogP contribution >= 0.6 is 15.9 Å². The quantitative estimate of drug-likeness (QED) is 0.881. The highest BCUT2D eigenvalue weighted by molar-refractivity contribution is 9.10. The summed E-state index contributed by atoms with van der Waals surface area (Å²) in [5.41, 5.74) is 0.150. The van der Waals surface area contributed by atoms with E-state index >= 15 is 0 Å². The maximum Gasteiger partial charge on any atom is 0.336 e. The molecule has 2 N–H and O–H groups in total. The van der Waals surface area contributed by atoms with Crippen molar-refractivity contribution >= 4 is 27.6 Å². The van der Waals surface area contributed by atoms with Gasteiger partial charge in [-0.3, -0.25) is 0 Å². The molecule has 0 bridgehead atoms. The predicted octanol–water partition coefficient (Wildman–Crippen LogP) is 3.53. The topological polar surface area (TPSA) is 62.5 Å². The lowest BCUT2D eigenvalue weighted by Gasteiger charge is -2.09. The summed E-state index contributed by atoms with van der Waals surface area (Å²) in [5.74, 6) is -0.985. The van der Waals surface area contributed by atoms with Crippen LogP contribution in [0.2, 0.25) is 0 Å². The highest BCUT2D eigenvalue weighted by atomic mass is 79.9. The summed E-state index contributed by atoms with van der Waals surface area (Å²) in [6.07, 6.45) is 2.19. The van der Waals surface area contributed by atoms with Gasteiger partial charge in [0.25, 0.3) is 0 Å². The van der Waals surface area contributed by atoms with Crippen LogP contribution < -0.4 is 5.32 Å². The van der Waals surface area contributed by atoms with Crippen molar-refractivity contribution in [2.45, 2.75) is 6.42 Å². The standard InChI is InChI=1S/C13H11BrFNO3/c14-11-9(13(17)18)3-4-10(12(11)15)16-6-5-8-2-1-7-19-8/h1-4,7,16H,5-6H2,(H,17,18). The van der Waals surface area contributed by atoms with Crippen LogP contribution in [0.15, 0.2) is 39.4 Å². The van der Waals surface area contributed by atoms with Crippen molar-refractivity contribution in [1.29, 1.82) is 0 Å². The molecule has 4 nitrogen and oxygen atoms in total. The van der Waals surface area contributed by atoms with E-state index in [4.69, 9.17) is 9.52 Å². The van der Waals surface area contributed by atoms with Gasteiger partial charge in [-0.25, -0.2) is 9.18 Å². The van der Waals surface area contributed by atoms with Crippen molar-refractivity contribution in [3.8, 4) is 0 Å². The largest absolute Gasteiger partial charge is 0.478 e. The van der Waals surface area contributed by atoms with Gasteiger partial charge in [0.05, 0.1) is 22.0 Å². The van der Waals surface area contributed by atoms with Crippen molar-refractivity contribution in [3.05, 3.63) is 52.1 Å². The molecule has 1 heterocycles. The summed E-state index contributed by atoms with van der Waals surface area (Å²) >= 11 is 2.95. The van der Waals surface area contributed by atoms with Gasteiger partial charge in [-0.15, -0.1) is 0 Å². The Balaban J connectivity index is 2.05. The highest BCUT2D eigenvalue weighted by Gasteiger charge is 2.15. The molecular weight excluding hydrogens is 317 g/mol. The van der Waals surface area contributed by atoms with Crippen LogP contribution in [-0.2, 0) is 6.42 Å². The first-order chi connectivity index (χ1) is 9.09. The summed E-state index contributed by atoms with van der Waals surface area (Å²) in [5, 5.41) is 11.8.